The number of nitrogens with zero attached hydrogens (tertiary/aromatic N) is 1. The van der Waals surface area contributed by atoms with E-state index in [4.69, 9.17) is 19.2 Å². The third-order valence-electron chi connectivity index (χ3n) is 5.94. The summed E-state index contributed by atoms with van der Waals surface area (Å²) in [6.45, 7) is 11.5. The summed E-state index contributed by atoms with van der Waals surface area (Å²) in [4.78, 5) is 41.3. The number of benzene rings is 1. The number of aliphatic imine (C=N–C) groups is 1. The molecule has 0 bridgehead atoms. The normalized spacial score (nSPS) is 17.0. The predicted molar refractivity (Wildman–Crippen MR) is 138 cm³/mol. The molecule has 1 aromatic carbocycles. The van der Waals surface area contributed by atoms with Gasteiger partial charge in [0.1, 0.15) is 17.6 Å². The number of unbranched alkanes of at least 4 members (excludes halogenated alkanes) is 1. The zero-order chi connectivity index (χ0) is 26.8. The van der Waals surface area contributed by atoms with Gasteiger partial charge in [-0.1, -0.05) is 13.0 Å². The number of nitrogens with one attached hydrogen (secondary N) is 2. The number of methoxy groups -OCH3 is 1. The van der Waals surface area contributed by atoms with Crippen molar-refractivity contribution >= 4 is 24.3 Å². The lowest BCUT2D eigenvalue weighted by Gasteiger charge is -2.35. The van der Waals surface area contributed by atoms with Crippen LogP contribution in [0.5, 0.6) is 5.75 Å². The Labute approximate surface area is 213 Å². The van der Waals surface area contributed by atoms with Gasteiger partial charge in [0, 0.05) is 23.9 Å². The van der Waals surface area contributed by atoms with E-state index in [1.54, 1.807) is 39.0 Å². The van der Waals surface area contributed by atoms with Gasteiger partial charge in [-0.05, 0) is 64.7 Å². The number of carbonyl (C=O) groups excluding carboxylic acids is 3. The highest BCUT2D eigenvalue weighted by Gasteiger charge is 2.31. The van der Waals surface area contributed by atoms with E-state index in [2.05, 4.69) is 17.2 Å². The number of hydrogen-bond donors (Lipinski definition) is 2. The first-order valence-corrected chi connectivity index (χ1v) is 12.3. The van der Waals surface area contributed by atoms with E-state index in [0.717, 1.165) is 19.1 Å². The van der Waals surface area contributed by atoms with Crippen LogP contribution in [0.3, 0.4) is 0 Å². The molecule has 9 heteroatoms. The van der Waals surface area contributed by atoms with Crippen LogP contribution in [0.25, 0.3) is 0 Å². The van der Waals surface area contributed by atoms with E-state index in [-0.39, 0.29) is 12.4 Å². The van der Waals surface area contributed by atoms with Crippen molar-refractivity contribution in [2.45, 2.75) is 83.4 Å². The lowest BCUT2D eigenvalue weighted by molar-refractivity contribution is -0.109. The largest absolute Gasteiger partial charge is 0.493 e. The summed E-state index contributed by atoms with van der Waals surface area (Å²) in [5.74, 6) is 0.349. The highest BCUT2D eigenvalue weighted by Crippen LogP contribution is 2.35. The molecule has 1 aliphatic heterocycles. The molecule has 0 radical (unpaired) electrons. The molecule has 36 heavy (non-hydrogen) atoms. The van der Waals surface area contributed by atoms with E-state index in [1.807, 2.05) is 13.0 Å². The van der Waals surface area contributed by atoms with Gasteiger partial charge < -0.3 is 24.3 Å². The molecule has 0 aliphatic carbocycles. The first-order valence-electron chi connectivity index (χ1n) is 12.3. The Kier molecular flexibility index (Phi) is 10.5. The molecular formula is C27H39N3O6. The number of ether oxygens (including phenoxy) is 3. The van der Waals surface area contributed by atoms with Crippen molar-refractivity contribution in [1.82, 2.24) is 10.6 Å². The first kappa shape index (κ1) is 28.9. The summed E-state index contributed by atoms with van der Waals surface area (Å²) >= 11 is 0. The molecule has 2 rings (SSSR count). The lowest BCUT2D eigenvalue weighted by Crippen LogP contribution is -2.54. The number of aldehydes is 1. The minimum absolute atomic E-state index is 0.202. The Hall–Kier alpha value is -3.36. The number of hydrogen-bond acceptors (Lipinski definition) is 7. The van der Waals surface area contributed by atoms with Crippen molar-refractivity contribution in [2.24, 2.45) is 4.99 Å². The maximum atomic E-state index is 12.7. The highest BCUT2D eigenvalue weighted by molar-refractivity contribution is 5.95. The predicted octanol–water partition coefficient (Wildman–Crippen LogP) is 4.86. The van der Waals surface area contributed by atoms with E-state index >= 15 is 0 Å². The molecule has 198 valence electrons. The van der Waals surface area contributed by atoms with E-state index in [9.17, 15) is 14.4 Å². The van der Waals surface area contributed by atoms with Crippen LogP contribution in [0.15, 0.2) is 35.8 Å². The molecule has 9 nitrogen and oxygen atoms in total. The monoisotopic (exact) mass is 501 g/mol. The minimum atomic E-state index is -0.704. The van der Waals surface area contributed by atoms with Crippen molar-refractivity contribution in [3.05, 3.63) is 42.0 Å². The third-order valence-corrected chi connectivity index (χ3v) is 5.94. The molecule has 1 aliphatic rings. The zero-order valence-corrected chi connectivity index (χ0v) is 22.0. The Morgan fingerprint density at radius 1 is 1.31 bits per heavy atom. The number of guanidine groups is 1. The van der Waals surface area contributed by atoms with Gasteiger partial charge in [0.05, 0.1) is 25.3 Å². The summed E-state index contributed by atoms with van der Waals surface area (Å²) in [7, 11) is 1.32. The van der Waals surface area contributed by atoms with Gasteiger partial charge in [-0.15, -0.1) is 6.58 Å². The van der Waals surface area contributed by atoms with Crippen LogP contribution in [-0.4, -0.2) is 49.2 Å². The van der Waals surface area contributed by atoms with Gasteiger partial charge in [-0.2, -0.15) is 0 Å². The fraction of sp³-hybridized carbons (Fsp3) is 0.556. The third kappa shape index (κ3) is 8.39. The van der Waals surface area contributed by atoms with Crippen LogP contribution in [0.4, 0.5) is 4.79 Å². The van der Waals surface area contributed by atoms with Gasteiger partial charge >= 0.3 is 12.1 Å². The lowest BCUT2D eigenvalue weighted by atomic mass is 9.87. The number of fused-ring (bicyclic) bond motifs is 1. The summed E-state index contributed by atoms with van der Waals surface area (Å²) in [6.07, 6.45) is 5.77. The van der Waals surface area contributed by atoms with Crippen molar-refractivity contribution in [3.63, 3.8) is 0 Å². The van der Waals surface area contributed by atoms with Gasteiger partial charge in [0.2, 0.25) is 5.96 Å². The first-order chi connectivity index (χ1) is 17.1. The number of allylic oxidation sites excluding steroid dienone is 1. The quantitative estimate of drug-likeness (QED) is 0.117. The number of carbonyl (C=O) groups is 3. The maximum Gasteiger partial charge on any atom is 0.414 e. The maximum absolute atomic E-state index is 12.7. The van der Waals surface area contributed by atoms with Crippen molar-refractivity contribution in [3.8, 4) is 5.75 Å². The molecule has 0 aromatic heterocycles. The van der Waals surface area contributed by atoms with Crippen LogP contribution in [-0.2, 0) is 14.3 Å². The van der Waals surface area contributed by atoms with Crippen LogP contribution in [0.2, 0.25) is 0 Å². The van der Waals surface area contributed by atoms with Gasteiger partial charge in [0.25, 0.3) is 0 Å². The van der Waals surface area contributed by atoms with Crippen LogP contribution >= 0.6 is 0 Å². The number of esters is 1. The number of alkyl carbamates (subject to hydrolysis) is 1. The Morgan fingerprint density at radius 2 is 2.06 bits per heavy atom. The SMILES string of the molecule is C=CCCC[C@](CC)(CC=O)NC(=N[C@@H]1CCOc2ccc(C(=O)OC)cc21)NC(=O)OC(C)(C)C. The molecule has 0 unspecified atom stereocenters. The Balaban J connectivity index is 2.48. The molecule has 0 saturated heterocycles. The van der Waals surface area contributed by atoms with E-state index in [0.29, 0.717) is 42.7 Å². The second-order valence-corrected chi connectivity index (χ2v) is 9.81. The Bertz CT molecular complexity index is 969. The smallest absolute Gasteiger partial charge is 0.414 e. The highest BCUT2D eigenvalue weighted by atomic mass is 16.6. The molecule has 1 aromatic rings. The van der Waals surface area contributed by atoms with Gasteiger partial charge in [-0.3, -0.25) is 5.32 Å². The van der Waals surface area contributed by atoms with Crippen molar-refractivity contribution in [1.29, 1.82) is 0 Å². The summed E-state index contributed by atoms with van der Waals surface area (Å²) in [6, 6.07) is 4.65. The van der Waals surface area contributed by atoms with E-state index < -0.39 is 29.2 Å². The summed E-state index contributed by atoms with van der Waals surface area (Å²) < 4.78 is 16.1. The minimum Gasteiger partial charge on any atom is -0.493 e. The van der Waals surface area contributed by atoms with Gasteiger partial charge in [0.15, 0.2) is 0 Å². The van der Waals surface area contributed by atoms with Crippen LogP contribution < -0.4 is 15.4 Å². The molecule has 0 fully saturated rings. The molecule has 2 atom stereocenters. The number of rotatable bonds is 10. The molecular weight excluding hydrogens is 462 g/mol. The fourth-order valence-corrected chi connectivity index (χ4v) is 4.03. The average Bonchev–Trinajstić information content (AvgIpc) is 2.82. The molecule has 1 heterocycles. The topological polar surface area (TPSA) is 115 Å². The number of amides is 1. The van der Waals surface area contributed by atoms with Crippen molar-refractivity contribution < 1.29 is 28.6 Å². The average molecular weight is 502 g/mol. The van der Waals surface area contributed by atoms with Gasteiger partial charge in [-0.25, -0.2) is 14.6 Å². The van der Waals surface area contributed by atoms with Crippen LogP contribution in [0.1, 0.15) is 88.2 Å². The summed E-state index contributed by atoms with van der Waals surface area (Å²) in [5.41, 5.74) is -0.228. The standard InChI is InChI=1S/C27H39N3O6/c1-7-9-10-14-27(8-2,15-16-31)30-24(29-25(33)36-26(3,4)5)28-21-13-17-35-22-12-11-19(18-20(21)22)23(32)34-6/h7,11-12,16,18,21H,1,8-10,13-15,17H2,2-6H3,(H2,28,29,30,33)/t21-,27-/m1/s1. The molecule has 0 spiro atoms. The second kappa shape index (κ2) is 13.1. The Morgan fingerprint density at radius 3 is 2.67 bits per heavy atom. The van der Waals surface area contributed by atoms with E-state index in [1.165, 1.54) is 7.11 Å². The second-order valence-electron chi connectivity index (χ2n) is 9.81. The molecule has 1 amide bonds. The fourth-order valence-electron chi connectivity index (χ4n) is 4.03. The molecule has 2 N–H and O–H groups in total. The van der Waals surface area contributed by atoms with Crippen LogP contribution in [0, 0.1) is 0 Å². The van der Waals surface area contributed by atoms with Crippen molar-refractivity contribution in [2.75, 3.05) is 13.7 Å². The zero-order valence-electron chi connectivity index (χ0n) is 22.0. The molecule has 0 saturated carbocycles. The summed E-state index contributed by atoms with van der Waals surface area (Å²) in [5, 5.41) is 6.11.